The maximum atomic E-state index is 12.3. The van der Waals surface area contributed by atoms with Gasteiger partial charge in [-0.2, -0.15) is 0 Å². The van der Waals surface area contributed by atoms with Gasteiger partial charge < -0.3 is 14.8 Å². The summed E-state index contributed by atoms with van der Waals surface area (Å²) < 4.78 is 11.4. The fourth-order valence-corrected chi connectivity index (χ4v) is 3.08. The van der Waals surface area contributed by atoms with Crippen molar-refractivity contribution in [1.82, 2.24) is 5.32 Å². The topological polar surface area (TPSA) is 90.7 Å². The number of amides is 1. The highest BCUT2D eigenvalue weighted by Crippen LogP contribution is 2.33. The Morgan fingerprint density at radius 2 is 1.88 bits per heavy atom. The summed E-state index contributed by atoms with van der Waals surface area (Å²) in [4.78, 5) is 22.8. The standard InChI is InChI=1S/C18H19BrN2O5/c1-11-13(5-4-6-15(11)21(23)24)18(22)20-8-7-12-9-16(25-2)17(26-3)10-14(12)19/h4-6,9-10H,7-8H2,1-3H3,(H,20,22). The molecule has 0 fully saturated rings. The average molecular weight is 423 g/mol. The van der Waals surface area contributed by atoms with Crippen LogP contribution in [0.1, 0.15) is 21.5 Å². The van der Waals surface area contributed by atoms with Gasteiger partial charge in [0.2, 0.25) is 0 Å². The Morgan fingerprint density at radius 1 is 1.23 bits per heavy atom. The second kappa shape index (κ2) is 8.66. The van der Waals surface area contributed by atoms with Crippen LogP contribution in [0.4, 0.5) is 5.69 Å². The first-order valence-corrected chi connectivity index (χ1v) is 8.61. The van der Waals surface area contributed by atoms with E-state index in [9.17, 15) is 14.9 Å². The van der Waals surface area contributed by atoms with E-state index in [1.807, 2.05) is 6.07 Å². The first-order valence-electron chi connectivity index (χ1n) is 7.81. The molecule has 138 valence electrons. The van der Waals surface area contributed by atoms with Gasteiger partial charge in [-0.15, -0.1) is 0 Å². The number of nitrogens with zero attached hydrogens (tertiary/aromatic N) is 1. The van der Waals surface area contributed by atoms with E-state index in [1.165, 1.54) is 12.1 Å². The highest BCUT2D eigenvalue weighted by molar-refractivity contribution is 9.10. The maximum Gasteiger partial charge on any atom is 0.273 e. The van der Waals surface area contributed by atoms with Gasteiger partial charge in [-0.3, -0.25) is 14.9 Å². The van der Waals surface area contributed by atoms with Crippen LogP contribution in [0.15, 0.2) is 34.8 Å². The fraction of sp³-hybridized carbons (Fsp3) is 0.278. The van der Waals surface area contributed by atoms with Crippen molar-refractivity contribution in [2.24, 2.45) is 0 Å². The number of ether oxygens (including phenoxy) is 2. The Morgan fingerprint density at radius 3 is 2.50 bits per heavy atom. The highest BCUT2D eigenvalue weighted by Gasteiger charge is 2.18. The number of rotatable bonds is 7. The summed E-state index contributed by atoms with van der Waals surface area (Å²) in [5.74, 6) is 0.869. The van der Waals surface area contributed by atoms with E-state index in [2.05, 4.69) is 21.2 Å². The number of benzene rings is 2. The van der Waals surface area contributed by atoms with Crippen LogP contribution in [-0.2, 0) is 6.42 Å². The van der Waals surface area contributed by atoms with E-state index >= 15 is 0 Å². The molecule has 0 aliphatic carbocycles. The van der Waals surface area contributed by atoms with Gasteiger partial charge in [0, 0.05) is 28.2 Å². The van der Waals surface area contributed by atoms with Crippen LogP contribution in [0.25, 0.3) is 0 Å². The zero-order chi connectivity index (χ0) is 19.3. The molecule has 0 saturated carbocycles. The summed E-state index contributed by atoms with van der Waals surface area (Å²) in [7, 11) is 3.12. The van der Waals surface area contributed by atoms with Gasteiger partial charge in [-0.1, -0.05) is 22.0 Å². The Labute approximate surface area is 159 Å². The Bertz CT molecular complexity index is 839. The molecule has 0 radical (unpaired) electrons. The van der Waals surface area contributed by atoms with Crippen molar-refractivity contribution in [2.45, 2.75) is 13.3 Å². The van der Waals surface area contributed by atoms with E-state index in [0.29, 0.717) is 35.6 Å². The molecule has 0 aliphatic rings. The van der Waals surface area contributed by atoms with Crippen LogP contribution >= 0.6 is 15.9 Å². The molecule has 0 aromatic heterocycles. The van der Waals surface area contributed by atoms with Crippen LogP contribution < -0.4 is 14.8 Å². The van der Waals surface area contributed by atoms with Crippen molar-refractivity contribution in [3.8, 4) is 11.5 Å². The van der Waals surface area contributed by atoms with Gasteiger partial charge in [0.1, 0.15) is 0 Å². The summed E-state index contributed by atoms with van der Waals surface area (Å²) in [5.41, 5.74) is 1.52. The Hall–Kier alpha value is -2.61. The summed E-state index contributed by atoms with van der Waals surface area (Å²) in [6.45, 7) is 1.94. The van der Waals surface area contributed by atoms with Crippen LogP contribution in [0.5, 0.6) is 11.5 Å². The summed E-state index contributed by atoms with van der Waals surface area (Å²) in [6.07, 6.45) is 0.556. The molecule has 26 heavy (non-hydrogen) atoms. The van der Waals surface area contributed by atoms with Crippen molar-refractivity contribution in [1.29, 1.82) is 0 Å². The van der Waals surface area contributed by atoms with Gasteiger partial charge in [-0.05, 0) is 37.1 Å². The molecule has 1 N–H and O–H groups in total. The van der Waals surface area contributed by atoms with Gasteiger partial charge in [-0.25, -0.2) is 0 Å². The number of nitro benzene ring substituents is 1. The first-order chi connectivity index (χ1) is 12.4. The molecule has 0 spiro atoms. The summed E-state index contributed by atoms with van der Waals surface area (Å²) in [6, 6.07) is 8.11. The van der Waals surface area contributed by atoms with E-state index < -0.39 is 4.92 Å². The molecule has 2 aromatic rings. The van der Waals surface area contributed by atoms with Gasteiger partial charge in [0.05, 0.1) is 19.1 Å². The van der Waals surface area contributed by atoms with Crippen LogP contribution in [0.2, 0.25) is 0 Å². The number of halogens is 1. The molecule has 0 heterocycles. The zero-order valence-corrected chi connectivity index (χ0v) is 16.3. The molecule has 0 aliphatic heterocycles. The van der Waals surface area contributed by atoms with Crippen molar-refractivity contribution in [3.05, 3.63) is 61.6 Å². The molecular formula is C18H19BrN2O5. The third-order valence-electron chi connectivity index (χ3n) is 3.98. The minimum atomic E-state index is -0.493. The smallest absolute Gasteiger partial charge is 0.273 e. The predicted octanol–water partition coefficient (Wildman–Crippen LogP) is 3.66. The fourth-order valence-electron chi connectivity index (χ4n) is 2.56. The average Bonchev–Trinajstić information content (AvgIpc) is 2.62. The molecule has 8 heteroatoms. The summed E-state index contributed by atoms with van der Waals surface area (Å²) in [5, 5.41) is 13.8. The lowest BCUT2D eigenvalue weighted by Gasteiger charge is -2.12. The number of carbonyl (C=O) groups excluding carboxylic acids is 1. The Balaban J connectivity index is 2.08. The molecule has 2 aromatic carbocycles. The number of carbonyl (C=O) groups is 1. The van der Waals surface area contributed by atoms with Crippen molar-refractivity contribution >= 4 is 27.5 Å². The van der Waals surface area contributed by atoms with Crippen LogP contribution in [-0.4, -0.2) is 31.6 Å². The maximum absolute atomic E-state index is 12.3. The lowest BCUT2D eigenvalue weighted by atomic mass is 10.1. The second-order valence-electron chi connectivity index (χ2n) is 5.51. The molecular weight excluding hydrogens is 404 g/mol. The van der Waals surface area contributed by atoms with Crippen molar-refractivity contribution < 1.29 is 19.2 Å². The predicted molar refractivity (Wildman–Crippen MR) is 101 cm³/mol. The first kappa shape index (κ1) is 19.7. The minimum Gasteiger partial charge on any atom is -0.493 e. The Kier molecular flexibility index (Phi) is 6.57. The van der Waals surface area contributed by atoms with E-state index in [0.717, 1.165) is 10.0 Å². The highest BCUT2D eigenvalue weighted by atomic mass is 79.9. The number of methoxy groups -OCH3 is 2. The van der Waals surface area contributed by atoms with Gasteiger partial charge in [0.15, 0.2) is 11.5 Å². The SMILES string of the molecule is COc1cc(Br)c(CCNC(=O)c2cccc([N+](=O)[O-])c2C)cc1OC. The lowest BCUT2D eigenvalue weighted by Crippen LogP contribution is -2.26. The zero-order valence-electron chi connectivity index (χ0n) is 14.7. The van der Waals surface area contributed by atoms with Crippen LogP contribution in [0, 0.1) is 17.0 Å². The normalized spacial score (nSPS) is 10.3. The largest absolute Gasteiger partial charge is 0.493 e. The molecule has 2 rings (SSSR count). The van der Waals surface area contributed by atoms with E-state index in [4.69, 9.17) is 9.47 Å². The number of hydrogen-bond donors (Lipinski definition) is 1. The molecule has 1 amide bonds. The number of nitrogens with one attached hydrogen (secondary N) is 1. The van der Waals surface area contributed by atoms with Crippen molar-refractivity contribution in [2.75, 3.05) is 20.8 Å². The minimum absolute atomic E-state index is 0.0692. The van der Waals surface area contributed by atoms with Crippen LogP contribution in [0.3, 0.4) is 0 Å². The van der Waals surface area contributed by atoms with E-state index in [-0.39, 0.29) is 11.6 Å². The third kappa shape index (κ3) is 4.32. The lowest BCUT2D eigenvalue weighted by molar-refractivity contribution is -0.385. The van der Waals surface area contributed by atoms with E-state index in [1.54, 1.807) is 33.3 Å². The van der Waals surface area contributed by atoms with Gasteiger partial charge >= 0.3 is 0 Å². The van der Waals surface area contributed by atoms with Crippen molar-refractivity contribution in [3.63, 3.8) is 0 Å². The molecule has 0 saturated heterocycles. The molecule has 0 atom stereocenters. The summed E-state index contributed by atoms with van der Waals surface area (Å²) >= 11 is 3.48. The molecule has 0 bridgehead atoms. The monoisotopic (exact) mass is 422 g/mol. The second-order valence-corrected chi connectivity index (χ2v) is 6.37. The molecule has 7 nitrogen and oxygen atoms in total. The molecule has 0 unspecified atom stereocenters. The van der Waals surface area contributed by atoms with Gasteiger partial charge in [0.25, 0.3) is 11.6 Å². The number of hydrogen-bond acceptors (Lipinski definition) is 5. The third-order valence-corrected chi connectivity index (χ3v) is 4.72. The number of nitro groups is 1. The quantitative estimate of drug-likeness (QED) is 0.542.